The minimum Gasteiger partial charge on any atom is -0.141 e. The first-order chi connectivity index (χ1) is 4.13. The van der Waals surface area contributed by atoms with Gasteiger partial charge in [-0.2, -0.15) is 0 Å². The van der Waals surface area contributed by atoms with Gasteiger partial charge in [-0.25, -0.2) is 0 Å². The van der Waals surface area contributed by atoms with Crippen LogP contribution in [0.1, 0.15) is 10.4 Å². The van der Waals surface area contributed by atoms with E-state index in [0.717, 1.165) is 9.10 Å². The van der Waals surface area contributed by atoms with Gasteiger partial charge in [0.1, 0.15) is 0 Å². The second kappa shape index (κ2) is 2.56. The van der Waals surface area contributed by atoms with E-state index in [9.17, 15) is 0 Å². The Hall–Kier alpha value is 0.400. The zero-order chi connectivity index (χ0) is 7.02. The quantitative estimate of drug-likeness (QED) is 0.558. The average molecular weight is 176 g/mol. The van der Waals surface area contributed by atoms with Gasteiger partial charge in [0.25, 0.3) is 0 Å². The second-order valence-corrected chi connectivity index (χ2v) is 4.36. The summed E-state index contributed by atoms with van der Waals surface area (Å²) in [6, 6.07) is 0. The van der Waals surface area contributed by atoms with Crippen molar-refractivity contribution in [3.05, 3.63) is 10.4 Å². The van der Waals surface area contributed by atoms with Crippen LogP contribution in [0.25, 0.3) is 0 Å². The predicted octanol–water partition coefficient (Wildman–Crippen LogP) is 2.94. The lowest BCUT2D eigenvalue weighted by Crippen LogP contribution is -1.67. The summed E-state index contributed by atoms with van der Waals surface area (Å²) in [5.74, 6) is 0. The van der Waals surface area contributed by atoms with Gasteiger partial charge in [-0.05, 0) is 19.4 Å². The molecule has 0 spiro atoms. The minimum atomic E-state index is 1.02. The van der Waals surface area contributed by atoms with Crippen molar-refractivity contribution in [3.8, 4) is 0 Å². The molecule has 0 aromatic carbocycles. The summed E-state index contributed by atoms with van der Waals surface area (Å²) >= 11 is 10.2. The van der Waals surface area contributed by atoms with Crippen LogP contribution in [0.4, 0.5) is 0 Å². The molecule has 0 aliphatic heterocycles. The van der Waals surface area contributed by atoms with Crippen molar-refractivity contribution >= 4 is 36.6 Å². The molecule has 0 aliphatic carbocycles. The van der Waals surface area contributed by atoms with Gasteiger partial charge in [-0.3, -0.25) is 0 Å². The second-order valence-electron chi connectivity index (χ2n) is 1.94. The molecule has 0 bridgehead atoms. The number of aryl methyl sites for hydroxylation is 1. The van der Waals surface area contributed by atoms with Gasteiger partial charge in [-0.15, -0.1) is 36.6 Å². The zero-order valence-electron chi connectivity index (χ0n) is 5.30. The normalized spacial score (nSPS) is 10.2. The summed E-state index contributed by atoms with van der Waals surface area (Å²) in [6.45, 7) is 4.15. The van der Waals surface area contributed by atoms with Crippen LogP contribution < -0.4 is 0 Å². The molecule has 0 saturated heterocycles. The van der Waals surface area contributed by atoms with Gasteiger partial charge in [0, 0.05) is 9.77 Å². The Morgan fingerprint density at radius 3 is 1.89 bits per heavy atom. The first kappa shape index (κ1) is 7.51. The summed E-state index contributed by atoms with van der Waals surface area (Å²) in [7, 11) is 0. The Balaban J connectivity index is 3.29. The van der Waals surface area contributed by atoms with Gasteiger partial charge < -0.3 is 0 Å². The Kier molecular flexibility index (Phi) is 2.14. The molecule has 1 aromatic heterocycles. The maximum absolute atomic E-state index is 4.27. The average Bonchev–Trinajstić information content (AvgIpc) is 1.98. The van der Waals surface area contributed by atoms with Gasteiger partial charge in [0.15, 0.2) is 0 Å². The minimum absolute atomic E-state index is 1.02. The van der Waals surface area contributed by atoms with Crippen LogP contribution >= 0.6 is 36.6 Å². The predicted molar refractivity (Wildman–Crippen MR) is 48.3 cm³/mol. The molecule has 0 aliphatic rings. The van der Waals surface area contributed by atoms with E-state index in [0.29, 0.717) is 0 Å². The third kappa shape index (κ3) is 1.28. The largest absolute Gasteiger partial charge is 0.141 e. The molecule has 0 atom stereocenters. The molecule has 0 saturated carbocycles. The summed E-state index contributed by atoms with van der Waals surface area (Å²) in [4.78, 5) is 2.34. The Morgan fingerprint density at radius 2 is 1.78 bits per heavy atom. The van der Waals surface area contributed by atoms with Gasteiger partial charge in [0.2, 0.25) is 0 Å². The first-order valence-electron chi connectivity index (χ1n) is 2.61. The molecule has 50 valence electrons. The summed E-state index contributed by atoms with van der Waals surface area (Å²) < 4.78 is 1.02. The molecular weight excluding hydrogens is 168 g/mol. The van der Waals surface area contributed by atoms with Gasteiger partial charge in [-0.1, -0.05) is 0 Å². The first-order valence-corrected chi connectivity index (χ1v) is 4.32. The zero-order valence-corrected chi connectivity index (χ0v) is 7.91. The van der Waals surface area contributed by atoms with E-state index < -0.39 is 0 Å². The van der Waals surface area contributed by atoms with Crippen LogP contribution in [-0.2, 0) is 0 Å². The molecule has 1 heterocycles. The van der Waals surface area contributed by atoms with Crippen molar-refractivity contribution in [1.82, 2.24) is 0 Å². The fraction of sp³-hybridized carbons (Fsp3) is 0.333. The molecule has 0 amide bonds. The molecule has 0 fully saturated rings. The Bertz CT molecular complexity index is 202. The van der Waals surface area contributed by atoms with E-state index in [1.54, 1.807) is 11.3 Å². The molecule has 1 rings (SSSR count). The highest BCUT2D eigenvalue weighted by Gasteiger charge is 2.04. The van der Waals surface area contributed by atoms with Crippen LogP contribution in [0.5, 0.6) is 0 Å². The molecule has 0 unspecified atom stereocenters. The van der Waals surface area contributed by atoms with Crippen molar-refractivity contribution in [1.29, 1.82) is 0 Å². The van der Waals surface area contributed by atoms with Crippen molar-refractivity contribution < 1.29 is 0 Å². The summed E-state index contributed by atoms with van der Waals surface area (Å²) in [5, 5.41) is 0. The molecule has 9 heavy (non-hydrogen) atoms. The molecular formula is C6H8S3. The van der Waals surface area contributed by atoms with Crippen molar-refractivity contribution in [2.45, 2.75) is 23.0 Å². The molecule has 0 nitrogen and oxygen atoms in total. The van der Waals surface area contributed by atoms with Crippen LogP contribution in [0, 0.1) is 13.8 Å². The number of thiophene rings is 1. The van der Waals surface area contributed by atoms with Crippen molar-refractivity contribution in [2.75, 3.05) is 0 Å². The standard InChI is InChI=1S/C6H8S3/c1-3-4(2)9-6(8)5(3)7/h7-8H,1-2H3. The third-order valence-electron chi connectivity index (χ3n) is 1.34. The summed E-state index contributed by atoms with van der Waals surface area (Å²) in [6.07, 6.45) is 0. The van der Waals surface area contributed by atoms with Crippen LogP contribution in [-0.4, -0.2) is 0 Å². The van der Waals surface area contributed by atoms with E-state index in [4.69, 9.17) is 0 Å². The van der Waals surface area contributed by atoms with E-state index in [1.807, 2.05) is 0 Å². The third-order valence-corrected chi connectivity index (χ3v) is 3.73. The highest BCUT2D eigenvalue weighted by Crippen LogP contribution is 2.32. The fourth-order valence-corrected chi connectivity index (χ4v) is 2.35. The van der Waals surface area contributed by atoms with E-state index in [2.05, 4.69) is 39.1 Å². The lowest BCUT2D eigenvalue weighted by atomic mass is 10.3. The van der Waals surface area contributed by atoms with Crippen LogP contribution in [0.2, 0.25) is 0 Å². The van der Waals surface area contributed by atoms with Crippen molar-refractivity contribution in [2.24, 2.45) is 0 Å². The maximum atomic E-state index is 4.27. The van der Waals surface area contributed by atoms with Gasteiger partial charge in [0.05, 0.1) is 4.21 Å². The van der Waals surface area contributed by atoms with Crippen LogP contribution in [0.3, 0.4) is 0 Å². The van der Waals surface area contributed by atoms with E-state index in [1.165, 1.54) is 10.4 Å². The Labute approximate surface area is 70.1 Å². The number of hydrogen-bond acceptors (Lipinski definition) is 3. The van der Waals surface area contributed by atoms with Gasteiger partial charge >= 0.3 is 0 Å². The number of thiol groups is 2. The molecule has 0 N–H and O–H groups in total. The maximum Gasteiger partial charge on any atom is 0.0707 e. The highest BCUT2D eigenvalue weighted by molar-refractivity contribution is 7.85. The monoisotopic (exact) mass is 176 g/mol. The lowest BCUT2D eigenvalue weighted by molar-refractivity contribution is 1.27. The van der Waals surface area contributed by atoms with Crippen LogP contribution in [0.15, 0.2) is 9.10 Å². The molecule has 0 radical (unpaired) electrons. The van der Waals surface area contributed by atoms with E-state index >= 15 is 0 Å². The van der Waals surface area contributed by atoms with Crippen molar-refractivity contribution in [3.63, 3.8) is 0 Å². The molecule has 3 heteroatoms. The van der Waals surface area contributed by atoms with E-state index in [-0.39, 0.29) is 0 Å². The fourth-order valence-electron chi connectivity index (χ4n) is 0.597. The smallest absolute Gasteiger partial charge is 0.0707 e. The highest BCUT2D eigenvalue weighted by atomic mass is 32.2. The topological polar surface area (TPSA) is 0 Å². The SMILES string of the molecule is Cc1sc(S)c(S)c1C. The number of hydrogen-bond donors (Lipinski definition) is 2. The number of rotatable bonds is 0. The summed E-state index contributed by atoms with van der Waals surface area (Å²) in [5.41, 5.74) is 1.26. The molecule has 1 aromatic rings. The lowest BCUT2D eigenvalue weighted by Gasteiger charge is -1.87. The Morgan fingerprint density at radius 1 is 1.22 bits per heavy atom.